The van der Waals surface area contributed by atoms with Crippen LogP contribution in [0.25, 0.3) is 0 Å². The third-order valence-corrected chi connectivity index (χ3v) is 10.2. The summed E-state index contributed by atoms with van der Waals surface area (Å²) in [6.45, 7) is 12.4. The van der Waals surface area contributed by atoms with Crippen molar-refractivity contribution in [3.63, 3.8) is 0 Å². The zero-order valence-corrected chi connectivity index (χ0v) is 18.0. The number of rotatable bonds is 9. The van der Waals surface area contributed by atoms with Crippen LogP contribution in [0.3, 0.4) is 0 Å². The molecule has 134 valence electrons. The van der Waals surface area contributed by atoms with E-state index in [0.29, 0.717) is 5.04 Å². The number of benzene rings is 1. The van der Waals surface area contributed by atoms with Crippen LogP contribution in [0, 0.1) is 11.8 Å². The fourth-order valence-corrected chi connectivity index (χ4v) is 3.86. The van der Waals surface area contributed by atoms with Crippen LogP contribution in [0.5, 0.6) is 0 Å². The SMILES string of the molecule is CC(C)(C)[Si](C)(C)OCCCCC#CCCCSc1ccccc1. The van der Waals surface area contributed by atoms with Crippen LogP contribution in [0.4, 0.5) is 0 Å². The normalized spacial score (nSPS) is 11.9. The maximum atomic E-state index is 6.18. The minimum atomic E-state index is -1.56. The largest absolute Gasteiger partial charge is 0.417 e. The molecule has 0 aromatic heterocycles. The van der Waals surface area contributed by atoms with E-state index in [9.17, 15) is 0 Å². The standard InChI is InChI=1S/C21H34OSSi/c1-21(2,3)24(4,5)22-18-14-9-7-6-8-10-15-19-23-20-16-12-11-13-17-20/h11-13,16-17H,7,9-10,14-15,18-19H2,1-5H3. The minimum Gasteiger partial charge on any atom is -0.417 e. The molecule has 0 saturated heterocycles. The molecule has 0 spiro atoms. The van der Waals surface area contributed by atoms with E-state index in [1.807, 2.05) is 11.8 Å². The first-order valence-corrected chi connectivity index (χ1v) is 13.0. The zero-order chi connectivity index (χ0) is 17.9. The van der Waals surface area contributed by atoms with Crippen molar-refractivity contribution in [1.82, 2.24) is 0 Å². The molecule has 0 radical (unpaired) electrons. The van der Waals surface area contributed by atoms with E-state index in [-0.39, 0.29) is 0 Å². The summed E-state index contributed by atoms with van der Waals surface area (Å²) in [5, 5.41) is 0.310. The van der Waals surface area contributed by atoms with Crippen molar-refractivity contribution >= 4 is 20.1 Å². The Hall–Kier alpha value is -0.693. The highest BCUT2D eigenvalue weighted by Gasteiger charge is 2.36. The van der Waals surface area contributed by atoms with Gasteiger partial charge in [0.15, 0.2) is 8.32 Å². The first-order chi connectivity index (χ1) is 11.3. The van der Waals surface area contributed by atoms with Gasteiger partial charge >= 0.3 is 0 Å². The molecule has 0 heterocycles. The quantitative estimate of drug-likeness (QED) is 0.208. The van der Waals surface area contributed by atoms with Crippen molar-refractivity contribution in [2.75, 3.05) is 12.4 Å². The summed E-state index contributed by atoms with van der Waals surface area (Å²) < 4.78 is 6.18. The van der Waals surface area contributed by atoms with E-state index < -0.39 is 8.32 Å². The highest BCUT2D eigenvalue weighted by molar-refractivity contribution is 7.99. The van der Waals surface area contributed by atoms with E-state index in [1.54, 1.807) is 0 Å². The number of hydrogen-bond donors (Lipinski definition) is 0. The summed E-state index contributed by atoms with van der Waals surface area (Å²) in [6, 6.07) is 10.6. The Morgan fingerprint density at radius 3 is 2.21 bits per heavy atom. The molecule has 24 heavy (non-hydrogen) atoms. The van der Waals surface area contributed by atoms with Gasteiger partial charge < -0.3 is 4.43 Å². The molecule has 1 rings (SSSR count). The van der Waals surface area contributed by atoms with E-state index in [0.717, 1.165) is 38.0 Å². The van der Waals surface area contributed by atoms with Gasteiger partial charge in [0, 0.05) is 24.3 Å². The second kappa shape index (κ2) is 11.0. The molecular formula is C21H34OSSi. The summed E-state index contributed by atoms with van der Waals surface area (Å²) in [6.07, 6.45) is 5.47. The van der Waals surface area contributed by atoms with Crippen molar-refractivity contribution in [3.05, 3.63) is 30.3 Å². The molecule has 0 amide bonds. The van der Waals surface area contributed by atoms with Gasteiger partial charge in [-0.05, 0) is 55.3 Å². The van der Waals surface area contributed by atoms with Crippen molar-refractivity contribution < 1.29 is 4.43 Å². The minimum absolute atomic E-state index is 0.310. The van der Waals surface area contributed by atoms with Crippen LogP contribution in [-0.2, 0) is 4.43 Å². The van der Waals surface area contributed by atoms with Crippen LogP contribution < -0.4 is 0 Å². The van der Waals surface area contributed by atoms with Gasteiger partial charge in [0.05, 0.1) is 0 Å². The third kappa shape index (κ3) is 8.96. The molecule has 0 atom stereocenters. The number of hydrogen-bond acceptors (Lipinski definition) is 2. The Kier molecular flexibility index (Phi) is 9.81. The van der Waals surface area contributed by atoms with Crippen molar-refractivity contribution in [3.8, 4) is 11.8 Å². The predicted molar refractivity (Wildman–Crippen MR) is 111 cm³/mol. The molecule has 0 bridgehead atoms. The van der Waals surface area contributed by atoms with Gasteiger partial charge in [-0.3, -0.25) is 0 Å². The lowest BCUT2D eigenvalue weighted by Gasteiger charge is -2.36. The maximum Gasteiger partial charge on any atom is 0.191 e. The highest BCUT2D eigenvalue weighted by atomic mass is 32.2. The summed E-state index contributed by atoms with van der Waals surface area (Å²) in [5.74, 6) is 7.77. The van der Waals surface area contributed by atoms with Crippen molar-refractivity contribution in [1.29, 1.82) is 0 Å². The average Bonchev–Trinajstić information content (AvgIpc) is 2.52. The van der Waals surface area contributed by atoms with Crippen LogP contribution in [0.15, 0.2) is 35.2 Å². The van der Waals surface area contributed by atoms with E-state index in [2.05, 4.69) is 76.0 Å². The Morgan fingerprint density at radius 1 is 0.958 bits per heavy atom. The molecule has 0 fully saturated rings. The summed E-state index contributed by atoms with van der Waals surface area (Å²) in [5.41, 5.74) is 0. The topological polar surface area (TPSA) is 9.23 Å². The second-order valence-electron chi connectivity index (χ2n) is 7.68. The maximum absolute atomic E-state index is 6.18. The molecule has 1 nitrogen and oxygen atoms in total. The summed E-state index contributed by atoms with van der Waals surface area (Å²) in [4.78, 5) is 1.35. The van der Waals surface area contributed by atoms with Gasteiger partial charge in [-0.2, -0.15) is 0 Å². The lowest BCUT2D eigenvalue weighted by molar-refractivity contribution is 0.280. The van der Waals surface area contributed by atoms with Gasteiger partial charge in [0.2, 0.25) is 0 Å². The highest BCUT2D eigenvalue weighted by Crippen LogP contribution is 2.36. The van der Waals surface area contributed by atoms with Crippen LogP contribution in [0.1, 0.15) is 52.9 Å². The summed E-state index contributed by atoms with van der Waals surface area (Å²) in [7, 11) is -1.56. The smallest absolute Gasteiger partial charge is 0.191 e. The molecular weight excluding hydrogens is 328 g/mol. The molecule has 3 heteroatoms. The Balaban J connectivity index is 2.00. The molecule has 0 saturated carbocycles. The lowest BCUT2D eigenvalue weighted by atomic mass is 10.2. The molecule has 0 aliphatic carbocycles. The number of thioether (sulfide) groups is 1. The van der Waals surface area contributed by atoms with Crippen LogP contribution in [-0.4, -0.2) is 20.7 Å². The van der Waals surface area contributed by atoms with E-state index >= 15 is 0 Å². The van der Waals surface area contributed by atoms with Gasteiger partial charge in [-0.1, -0.05) is 39.0 Å². The van der Waals surface area contributed by atoms with Gasteiger partial charge in [-0.15, -0.1) is 23.6 Å². The molecule has 1 aromatic rings. The molecule has 0 aliphatic rings. The van der Waals surface area contributed by atoms with Crippen molar-refractivity contribution in [2.24, 2.45) is 0 Å². The third-order valence-electron chi connectivity index (χ3n) is 4.55. The monoisotopic (exact) mass is 362 g/mol. The van der Waals surface area contributed by atoms with Crippen LogP contribution >= 0.6 is 11.8 Å². The fourth-order valence-electron chi connectivity index (χ4n) is 1.90. The second-order valence-corrected chi connectivity index (χ2v) is 13.7. The zero-order valence-electron chi connectivity index (χ0n) is 16.2. The molecule has 0 aliphatic heterocycles. The van der Waals surface area contributed by atoms with E-state index in [1.165, 1.54) is 11.3 Å². The summed E-state index contributed by atoms with van der Waals surface area (Å²) >= 11 is 1.92. The molecule has 0 unspecified atom stereocenters. The number of unbranched alkanes of at least 4 members (excludes halogenated alkanes) is 3. The Bertz CT molecular complexity index is 508. The fraction of sp³-hybridized carbons (Fsp3) is 0.619. The van der Waals surface area contributed by atoms with E-state index in [4.69, 9.17) is 4.43 Å². The Labute approximate surface area is 155 Å². The average molecular weight is 363 g/mol. The van der Waals surface area contributed by atoms with Gasteiger partial charge in [0.25, 0.3) is 0 Å². The van der Waals surface area contributed by atoms with Gasteiger partial charge in [0.1, 0.15) is 0 Å². The first kappa shape index (κ1) is 21.3. The molecule has 1 aromatic carbocycles. The van der Waals surface area contributed by atoms with Crippen molar-refractivity contribution in [2.45, 2.75) is 75.9 Å². The predicted octanol–water partition coefficient (Wildman–Crippen LogP) is 6.75. The Morgan fingerprint density at radius 2 is 1.58 bits per heavy atom. The lowest BCUT2D eigenvalue weighted by Crippen LogP contribution is -2.40. The van der Waals surface area contributed by atoms with Gasteiger partial charge in [-0.25, -0.2) is 0 Å². The van der Waals surface area contributed by atoms with Crippen LogP contribution in [0.2, 0.25) is 18.1 Å². The molecule has 0 N–H and O–H groups in total. The first-order valence-electron chi connectivity index (χ1n) is 9.10.